The number of carbonyl (C=O) groups excluding carboxylic acids is 1. The number of halogens is 1. The summed E-state index contributed by atoms with van der Waals surface area (Å²) in [6.07, 6.45) is 1.85. The molecule has 222 valence electrons. The first-order valence-corrected chi connectivity index (χ1v) is 15.0. The first kappa shape index (κ1) is 32.8. The standard InChI is InChI=1S/C32H40ClNO6S/c1-4-5-19-39-31(36)34-32(23-35,30(37-2)38-3)18-10-13-25-16-17-28(21-29(25)33)41-27-15-9-14-26(20-27)40-22-24-11-7-6-8-12-24/h6-9,11-12,14-17,20-21,30,35H,4-5,10,13,18-19,22-23H2,1-3H3,(H,34,36). The van der Waals surface area contributed by atoms with Crippen molar-refractivity contribution in [2.45, 2.75) is 67.3 Å². The van der Waals surface area contributed by atoms with Crippen molar-refractivity contribution in [3.8, 4) is 5.75 Å². The molecule has 1 amide bonds. The fraction of sp³-hybridized carbons (Fsp3) is 0.406. The Labute approximate surface area is 252 Å². The molecule has 0 aliphatic heterocycles. The predicted molar refractivity (Wildman–Crippen MR) is 163 cm³/mol. The van der Waals surface area contributed by atoms with Crippen LogP contribution in [0.4, 0.5) is 4.79 Å². The molecule has 3 aromatic carbocycles. The molecule has 0 saturated carbocycles. The van der Waals surface area contributed by atoms with E-state index in [9.17, 15) is 9.90 Å². The monoisotopic (exact) mass is 601 g/mol. The molecule has 0 spiro atoms. The van der Waals surface area contributed by atoms with Crippen molar-refractivity contribution in [3.63, 3.8) is 0 Å². The van der Waals surface area contributed by atoms with E-state index in [1.165, 1.54) is 14.2 Å². The molecule has 0 bridgehead atoms. The second kappa shape index (κ2) is 17.3. The third kappa shape index (κ3) is 10.2. The van der Waals surface area contributed by atoms with Gasteiger partial charge in [0, 0.05) is 29.0 Å². The van der Waals surface area contributed by atoms with Gasteiger partial charge < -0.3 is 29.4 Å². The molecule has 1 unspecified atom stereocenters. The lowest BCUT2D eigenvalue weighted by Gasteiger charge is -2.37. The van der Waals surface area contributed by atoms with Gasteiger partial charge in [0.15, 0.2) is 6.29 Å². The summed E-state index contributed by atoms with van der Waals surface area (Å²) in [6.45, 7) is 2.46. The van der Waals surface area contributed by atoms with Gasteiger partial charge in [0.1, 0.15) is 17.9 Å². The van der Waals surface area contributed by atoms with Gasteiger partial charge in [-0.1, -0.05) is 79.2 Å². The number of ether oxygens (including phenoxy) is 4. The van der Waals surface area contributed by atoms with Crippen LogP contribution in [0.3, 0.4) is 0 Å². The van der Waals surface area contributed by atoms with E-state index in [1.54, 1.807) is 11.8 Å². The summed E-state index contributed by atoms with van der Waals surface area (Å²) in [7, 11) is 2.95. The van der Waals surface area contributed by atoms with Crippen LogP contribution in [-0.2, 0) is 27.2 Å². The Bertz CT molecular complexity index is 1210. The number of methoxy groups -OCH3 is 2. The van der Waals surface area contributed by atoms with Gasteiger partial charge >= 0.3 is 6.09 Å². The maximum atomic E-state index is 12.4. The van der Waals surface area contributed by atoms with Crippen LogP contribution in [0, 0.1) is 0 Å². The van der Waals surface area contributed by atoms with E-state index < -0.39 is 17.9 Å². The summed E-state index contributed by atoms with van der Waals surface area (Å²) in [5.41, 5.74) is 0.925. The number of amides is 1. The molecular weight excluding hydrogens is 562 g/mol. The highest BCUT2D eigenvalue weighted by Gasteiger charge is 2.41. The van der Waals surface area contributed by atoms with Crippen LogP contribution in [0.25, 0.3) is 0 Å². The summed E-state index contributed by atoms with van der Waals surface area (Å²) in [6, 6.07) is 24.1. The van der Waals surface area contributed by atoms with Crippen LogP contribution >= 0.6 is 23.4 Å². The number of hydrogen-bond acceptors (Lipinski definition) is 7. The highest BCUT2D eigenvalue weighted by atomic mass is 35.5. The van der Waals surface area contributed by atoms with Crippen molar-refractivity contribution in [1.82, 2.24) is 5.32 Å². The molecule has 0 saturated heterocycles. The van der Waals surface area contributed by atoms with Crippen LogP contribution in [0.2, 0.25) is 5.02 Å². The van der Waals surface area contributed by atoms with Crippen molar-refractivity contribution in [2.75, 3.05) is 27.4 Å². The molecule has 3 aromatic rings. The number of nitrogens with one attached hydrogen (secondary N) is 1. The molecule has 0 aliphatic carbocycles. The Balaban J connectivity index is 1.60. The summed E-state index contributed by atoms with van der Waals surface area (Å²) >= 11 is 8.28. The molecule has 1 atom stereocenters. The molecule has 9 heteroatoms. The number of aliphatic hydroxyl groups excluding tert-OH is 1. The zero-order valence-corrected chi connectivity index (χ0v) is 25.5. The number of aryl methyl sites for hydroxylation is 1. The average molecular weight is 602 g/mol. The maximum Gasteiger partial charge on any atom is 0.407 e. The predicted octanol–water partition coefficient (Wildman–Crippen LogP) is 7.27. The minimum absolute atomic E-state index is 0.305. The van der Waals surface area contributed by atoms with Gasteiger partial charge in [-0.3, -0.25) is 0 Å². The Hall–Kier alpha value is -2.75. The number of aliphatic hydroxyl groups is 1. The van der Waals surface area contributed by atoms with Crippen molar-refractivity contribution < 1.29 is 28.8 Å². The number of unbranched alkanes of at least 4 members (excludes halogenated alkanes) is 1. The van der Waals surface area contributed by atoms with Crippen LogP contribution < -0.4 is 10.1 Å². The van der Waals surface area contributed by atoms with E-state index in [0.717, 1.165) is 39.5 Å². The van der Waals surface area contributed by atoms with E-state index in [0.29, 0.717) is 37.5 Å². The first-order chi connectivity index (χ1) is 19.9. The van der Waals surface area contributed by atoms with E-state index >= 15 is 0 Å². The fourth-order valence-electron chi connectivity index (χ4n) is 4.42. The van der Waals surface area contributed by atoms with Crippen LogP contribution in [0.5, 0.6) is 5.75 Å². The molecular formula is C32H40ClNO6S. The Morgan fingerprint density at radius 1 is 1.00 bits per heavy atom. The molecule has 41 heavy (non-hydrogen) atoms. The van der Waals surface area contributed by atoms with E-state index in [4.69, 9.17) is 30.5 Å². The number of hydrogen-bond donors (Lipinski definition) is 2. The van der Waals surface area contributed by atoms with Crippen LogP contribution in [0.1, 0.15) is 43.7 Å². The molecule has 0 aliphatic rings. The summed E-state index contributed by atoms with van der Waals surface area (Å²) in [4.78, 5) is 14.5. The van der Waals surface area contributed by atoms with Crippen molar-refractivity contribution in [2.24, 2.45) is 0 Å². The van der Waals surface area contributed by atoms with Crippen molar-refractivity contribution in [3.05, 3.63) is 88.9 Å². The van der Waals surface area contributed by atoms with Crippen molar-refractivity contribution >= 4 is 29.5 Å². The third-order valence-electron chi connectivity index (χ3n) is 6.63. The number of carbonyl (C=O) groups is 1. The summed E-state index contributed by atoms with van der Waals surface area (Å²) < 4.78 is 22.1. The van der Waals surface area contributed by atoms with Gasteiger partial charge in [-0.05, 0) is 67.1 Å². The number of alkyl carbamates (subject to hydrolysis) is 1. The zero-order chi connectivity index (χ0) is 29.5. The van der Waals surface area contributed by atoms with Gasteiger partial charge in [-0.25, -0.2) is 4.79 Å². The topological polar surface area (TPSA) is 86.3 Å². The average Bonchev–Trinajstić information content (AvgIpc) is 2.98. The van der Waals surface area contributed by atoms with E-state index in [1.807, 2.05) is 79.7 Å². The number of benzene rings is 3. The van der Waals surface area contributed by atoms with Crippen LogP contribution in [0.15, 0.2) is 82.6 Å². The van der Waals surface area contributed by atoms with Crippen LogP contribution in [-0.4, -0.2) is 50.5 Å². The minimum Gasteiger partial charge on any atom is -0.489 e. The van der Waals surface area contributed by atoms with E-state index in [2.05, 4.69) is 5.32 Å². The normalized spacial score (nSPS) is 12.6. The number of rotatable bonds is 17. The lowest BCUT2D eigenvalue weighted by molar-refractivity contribution is -0.166. The molecule has 0 heterocycles. The molecule has 0 fully saturated rings. The fourth-order valence-corrected chi connectivity index (χ4v) is 5.67. The summed E-state index contributed by atoms with van der Waals surface area (Å²) in [5, 5.41) is 13.8. The van der Waals surface area contributed by atoms with E-state index in [-0.39, 0.29) is 6.61 Å². The third-order valence-corrected chi connectivity index (χ3v) is 7.96. The summed E-state index contributed by atoms with van der Waals surface area (Å²) in [5.74, 6) is 0.808. The molecule has 3 rings (SSSR count). The lowest BCUT2D eigenvalue weighted by atomic mass is 9.91. The zero-order valence-electron chi connectivity index (χ0n) is 23.9. The molecule has 0 aromatic heterocycles. The highest BCUT2D eigenvalue weighted by Crippen LogP contribution is 2.33. The maximum absolute atomic E-state index is 12.4. The highest BCUT2D eigenvalue weighted by molar-refractivity contribution is 7.99. The molecule has 2 N–H and O–H groups in total. The molecule has 0 radical (unpaired) electrons. The van der Waals surface area contributed by atoms with Gasteiger partial charge in [0.05, 0.1) is 13.2 Å². The molecule has 7 nitrogen and oxygen atoms in total. The van der Waals surface area contributed by atoms with Gasteiger partial charge in [0.2, 0.25) is 0 Å². The second-order valence-electron chi connectivity index (χ2n) is 9.69. The first-order valence-electron chi connectivity index (χ1n) is 13.8. The Kier molecular flexibility index (Phi) is 13.8. The van der Waals surface area contributed by atoms with Gasteiger partial charge in [-0.15, -0.1) is 0 Å². The second-order valence-corrected chi connectivity index (χ2v) is 11.2. The van der Waals surface area contributed by atoms with Gasteiger partial charge in [0.25, 0.3) is 0 Å². The minimum atomic E-state index is -1.16. The lowest BCUT2D eigenvalue weighted by Crippen LogP contribution is -2.60. The smallest absolute Gasteiger partial charge is 0.407 e. The Morgan fingerprint density at radius 3 is 2.44 bits per heavy atom. The van der Waals surface area contributed by atoms with Gasteiger partial charge in [-0.2, -0.15) is 0 Å². The quantitative estimate of drug-likeness (QED) is 0.124. The largest absolute Gasteiger partial charge is 0.489 e. The SMILES string of the molecule is CCCCOC(=O)NC(CO)(CCCc1ccc(Sc2cccc(OCc3ccccc3)c2)cc1Cl)C(OC)OC. The van der Waals surface area contributed by atoms with Crippen molar-refractivity contribution in [1.29, 1.82) is 0 Å². The Morgan fingerprint density at radius 2 is 1.76 bits per heavy atom.